The lowest BCUT2D eigenvalue weighted by molar-refractivity contribution is 0.843. The third-order valence-electron chi connectivity index (χ3n) is 4.74. The third kappa shape index (κ3) is 3.71. The summed E-state index contributed by atoms with van der Waals surface area (Å²) in [4.78, 5) is 9.71. The monoisotopic (exact) mass is 449 g/mol. The predicted molar refractivity (Wildman–Crippen MR) is 122 cm³/mol. The van der Waals surface area contributed by atoms with Gasteiger partial charge in [-0.05, 0) is 55.8 Å². The zero-order valence-corrected chi connectivity index (χ0v) is 18.5. The molecule has 1 atom stereocenters. The minimum Gasteiger partial charge on any atom is -0.296 e. The predicted octanol–water partition coefficient (Wildman–Crippen LogP) is 7.08. The number of imidazole rings is 1. The molecule has 3 nitrogen and oxygen atoms in total. The summed E-state index contributed by atoms with van der Waals surface area (Å²) in [7, 11) is 0. The van der Waals surface area contributed by atoms with E-state index in [-0.39, 0.29) is 0 Å². The molecule has 28 heavy (non-hydrogen) atoms. The molecule has 1 aliphatic rings. The van der Waals surface area contributed by atoms with E-state index in [0.29, 0.717) is 20.3 Å². The lowest BCUT2D eigenvalue weighted by Crippen LogP contribution is -2.02. The van der Waals surface area contributed by atoms with Gasteiger partial charge in [0.2, 0.25) is 0 Å². The van der Waals surface area contributed by atoms with Crippen LogP contribution in [0.2, 0.25) is 15.1 Å². The van der Waals surface area contributed by atoms with Gasteiger partial charge in [0.05, 0.1) is 17.3 Å². The van der Waals surface area contributed by atoms with E-state index in [1.54, 1.807) is 17.8 Å². The van der Waals surface area contributed by atoms with Gasteiger partial charge in [-0.15, -0.1) is 0 Å². The van der Waals surface area contributed by atoms with Gasteiger partial charge in [0.1, 0.15) is 16.6 Å². The molecular weight excluding hydrogens is 433 g/mol. The van der Waals surface area contributed by atoms with Crippen LogP contribution in [0.4, 0.5) is 0 Å². The van der Waals surface area contributed by atoms with Gasteiger partial charge < -0.3 is 0 Å². The Morgan fingerprint density at radius 3 is 2.43 bits per heavy atom. The van der Waals surface area contributed by atoms with Crippen LogP contribution in [0.15, 0.2) is 47.5 Å². The summed E-state index contributed by atoms with van der Waals surface area (Å²) in [6.07, 6.45) is 1.09. The molecule has 0 bridgehead atoms. The van der Waals surface area contributed by atoms with Gasteiger partial charge in [0, 0.05) is 26.5 Å². The first-order chi connectivity index (χ1) is 13.5. The highest BCUT2D eigenvalue weighted by Crippen LogP contribution is 2.36. The fraction of sp³-hybridized carbons (Fsp3) is 0.238. The van der Waals surface area contributed by atoms with Crippen LogP contribution >= 0.6 is 46.6 Å². The van der Waals surface area contributed by atoms with E-state index in [0.717, 1.165) is 46.5 Å². The van der Waals surface area contributed by atoms with Crippen LogP contribution < -0.4 is 0 Å². The summed E-state index contributed by atoms with van der Waals surface area (Å²) < 4.78 is 2.10. The van der Waals surface area contributed by atoms with Crippen molar-refractivity contribution in [2.24, 2.45) is 4.99 Å². The zero-order chi connectivity index (χ0) is 19.8. The van der Waals surface area contributed by atoms with Crippen molar-refractivity contribution >= 4 is 51.6 Å². The number of aliphatic imine (C=N–C) groups is 1. The Morgan fingerprint density at radius 1 is 1.07 bits per heavy atom. The van der Waals surface area contributed by atoms with Crippen molar-refractivity contribution in [1.82, 2.24) is 9.55 Å². The van der Waals surface area contributed by atoms with Crippen molar-refractivity contribution in [3.63, 3.8) is 0 Å². The fourth-order valence-electron chi connectivity index (χ4n) is 3.22. The van der Waals surface area contributed by atoms with Crippen LogP contribution in [-0.2, 0) is 0 Å². The van der Waals surface area contributed by atoms with E-state index in [2.05, 4.69) is 18.4 Å². The number of hydrogen-bond acceptors (Lipinski definition) is 3. The summed E-state index contributed by atoms with van der Waals surface area (Å²) in [5.74, 6) is 0.764. The van der Waals surface area contributed by atoms with Gasteiger partial charge in [-0.1, -0.05) is 53.5 Å². The summed E-state index contributed by atoms with van der Waals surface area (Å²) in [6, 6.07) is 13.2. The van der Waals surface area contributed by atoms with Crippen LogP contribution in [0.1, 0.15) is 24.7 Å². The first kappa shape index (κ1) is 19.8. The first-order valence-electron chi connectivity index (χ1n) is 9.00. The van der Waals surface area contributed by atoms with Gasteiger partial charge in [-0.3, -0.25) is 9.56 Å². The molecule has 0 radical (unpaired) electrons. The Morgan fingerprint density at radius 2 is 1.79 bits per heavy atom. The number of aromatic nitrogens is 2. The van der Waals surface area contributed by atoms with Crippen molar-refractivity contribution in [2.75, 3.05) is 6.54 Å². The van der Waals surface area contributed by atoms with Crippen molar-refractivity contribution in [3.8, 4) is 17.1 Å². The van der Waals surface area contributed by atoms with Gasteiger partial charge >= 0.3 is 0 Å². The second kappa shape index (κ2) is 8.11. The summed E-state index contributed by atoms with van der Waals surface area (Å²) >= 11 is 20.5. The SMILES string of the molecule is CCC1CN=C(c2nc(-c3ccc(Cl)cc3Cl)n(-c3ccc(Cl)cc3)c2C)S1. The van der Waals surface area contributed by atoms with Gasteiger partial charge in [-0.25, -0.2) is 4.98 Å². The van der Waals surface area contributed by atoms with Crippen LogP contribution in [0.25, 0.3) is 17.1 Å². The highest BCUT2D eigenvalue weighted by Gasteiger charge is 2.26. The molecule has 0 saturated heterocycles. The Hall–Kier alpha value is -1.46. The quantitative estimate of drug-likeness (QED) is 0.425. The first-order valence-corrected chi connectivity index (χ1v) is 11.0. The highest BCUT2D eigenvalue weighted by atomic mass is 35.5. The summed E-state index contributed by atoms with van der Waals surface area (Å²) in [6.45, 7) is 5.08. The standard InChI is InChI=1S/C21H18Cl3N3S/c1-3-16-11-25-21(28-16)19-12(2)27(15-7-4-13(22)5-8-15)20(26-19)17-9-6-14(23)10-18(17)24/h4-10,16H,3,11H2,1-2H3. The number of rotatable bonds is 4. The molecule has 0 spiro atoms. The minimum absolute atomic E-state index is 0.512. The number of thioether (sulfide) groups is 1. The summed E-state index contributed by atoms with van der Waals surface area (Å²) in [5.41, 5.74) is 3.71. The molecule has 7 heteroatoms. The fourth-order valence-corrected chi connectivity index (χ4v) is 4.93. The molecule has 0 amide bonds. The molecule has 0 fully saturated rings. The largest absolute Gasteiger partial charge is 0.296 e. The average molecular weight is 451 g/mol. The minimum atomic E-state index is 0.512. The maximum Gasteiger partial charge on any atom is 0.147 e. The average Bonchev–Trinajstić information content (AvgIpc) is 3.27. The third-order valence-corrected chi connectivity index (χ3v) is 6.90. The molecule has 2 heterocycles. The van der Waals surface area contributed by atoms with Crippen LogP contribution in [-0.4, -0.2) is 26.4 Å². The summed E-state index contributed by atoms with van der Waals surface area (Å²) in [5, 5.41) is 3.35. The molecule has 0 aliphatic carbocycles. The maximum absolute atomic E-state index is 6.52. The second-order valence-corrected chi connectivity index (χ2v) is 9.17. The van der Waals surface area contributed by atoms with Crippen molar-refractivity contribution in [3.05, 3.63) is 68.9 Å². The lowest BCUT2D eigenvalue weighted by atomic mass is 10.2. The normalized spacial score (nSPS) is 16.5. The molecule has 1 aliphatic heterocycles. The van der Waals surface area contributed by atoms with Gasteiger partial charge in [0.25, 0.3) is 0 Å². The van der Waals surface area contributed by atoms with E-state index in [9.17, 15) is 0 Å². The molecule has 2 aromatic carbocycles. The molecule has 144 valence electrons. The van der Waals surface area contributed by atoms with Crippen LogP contribution in [0, 0.1) is 6.92 Å². The molecule has 1 aromatic heterocycles. The van der Waals surface area contributed by atoms with E-state index in [4.69, 9.17) is 44.8 Å². The zero-order valence-electron chi connectivity index (χ0n) is 15.4. The van der Waals surface area contributed by atoms with E-state index >= 15 is 0 Å². The van der Waals surface area contributed by atoms with Crippen molar-refractivity contribution in [1.29, 1.82) is 0 Å². The number of nitrogens with zero attached hydrogens (tertiary/aromatic N) is 3. The van der Waals surface area contributed by atoms with E-state index in [1.165, 1.54) is 0 Å². The number of halogens is 3. The lowest BCUT2D eigenvalue weighted by Gasteiger charge is -2.12. The van der Waals surface area contributed by atoms with Gasteiger partial charge in [-0.2, -0.15) is 0 Å². The Labute approximate surface area is 183 Å². The Bertz CT molecular complexity index is 1060. The van der Waals surface area contributed by atoms with Crippen molar-refractivity contribution in [2.45, 2.75) is 25.5 Å². The topological polar surface area (TPSA) is 30.2 Å². The number of benzene rings is 2. The highest BCUT2D eigenvalue weighted by molar-refractivity contribution is 8.15. The van der Waals surface area contributed by atoms with Crippen molar-refractivity contribution < 1.29 is 0 Å². The molecule has 4 rings (SSSR count). The Balaban J connectivity index is 1.91. The van der Waals surface area contributed by atoms with Crippen LogP contribution in [0.3, 0.4) is 0 Å². The molecular formula is C21H18Cl3N3S. The molecule has 0 saturated carbocycles. The molecule has 1 unspecified atom stereocenters. The smallest absolute Gasteiger partial charge is 0.147 e. The maximum atomic E-state index is 6.52. The molecule has 0 N–H and O–H groups in total. The van der Waals surface area contributed by atoms with Gasteiger partial charge in [0.15, 0.2) is 0 Å². The van der Waals surface area contributed by atoms with E-state index < -0.39 is 0 Å². The second-order valence-electron chi connectivity index (χ2n) is 6.60. The number of hydrogen-bond donors (Lipinski definition) is 0. The van der Waals surface area contributed by atoms with E-state index in [1.807, 2.05) is 36.4 Å². The van der Waals surface area contributed by atoms with Crippen LogP contribution in [0.5, 0.6) is 0 Å². The Kier molecular flexibility index (Phi) is 5.75. The molecule has 3 aromatic rings.